The second kappa shape index (κ2) is 7.92. The summed E-state index contributed by atoms with van der Waals surface area (Å²) in [5.74, 6) is 0.310. The number of aliphatic hydroxyl groups is 1. The molecule has 1 saturated carbocycles. The molecule has 2 aromatic rings. The number of nitrogens with one attached hydrogen (secondary N) is 2. The van der Waals surface area contributed by atoms with Crippen LogP contribution in [0.2, 0.25) is 0 Å². The summed E-state index contributed by atoms with van der Waals surface area (Å²) >= 11 is 0. The molecule has 144 valence electrons. The van der Waals surface area contributed by atoms with Crippen molar-refractivity contribution in [3.8, 4) is 5.88 Å². The van der Waals surface area contributed by atoms with E-state index in [-0.39, 0.29) is 29.5 Å². The Labute approximate surface area is 157 Å². The van der Waals surface area contributed by atoms with Gasteiger partial charge in [-0.05, 0) is 42.4 Å². The Morgan fingerprint density at radius 3 is 2.56 bits per heavy atom. The van der Waals surface area contributed by atoms with Crippen LogP contribution in [0, 0.1) is 5.92 Å². The van der Waals surface area contributed by atoms with Gasteiger partial charge in [0.05, 0.1) is 19.3 Å². The van der Waals surface area contributed by atoms with Gasteiger partial charge in [-0.1, -0.05) is 19.9 Å². The third kappa shape index (κ3) is 4.19. The number of pyridine rings is 2. The number of hydrogen-bond donors (Lipinski definition) is 3. The highest BCUT2D eigenvalue weighted by Crippen LogP contribution is 2.38. The summed E-state index contributed by atoms with van der Waals surface area (Å²) < 4.78 is 5.08. The second-order valence-corrected chi connectivity index (χ2v) is 7.28. The molecule has 1 aliphatic carbocycles. The average Bonchev–Trinajstić information content (AvgIpc) is 2.63. The Balaban J connectivity index is 1.83. The van der Waals surface area contributed by atoms with E-state index in [1.165, 1.54) is 7.11 Å². The number of methoxy groups -OCH3 is 1. The quantitative estimate of drug-likeness (QED) is 0.722. The zero-order valence-electron chi connectivity index (χ0n) is 15.7. The average molecular weight is 371 g/mol. The highest BCUT2D eigenvalue weighted by atomic mass is 16.5. The minimum absolute atomic E-state index is 0.0748. The van der Waals surface area contributed by atoms with Crippen molar-refractivity contribution in [2.24, 2.45) is 5.92 Å². The SMILES string of the molecule is COc1ccc([C@H](NC(=O)c2ccc(C(C)C)[nH]c2=O)C2CC(O)C2)cn1. The Morgan fingerprint density at radius 2 is 2.04 bits per heavy atom. The first-order valence-corrected chi connectivity index (χ1v) is 9.11. The maximum Gasteiger partial charge on any atom is 0.261 e. The van der Waals surface area contributed by atoms with Crippen LogP contribution in [0.4, 0.5) is 0 Å². The van der Waals surface area contributed by atoms with Crippen molar-refractivity contribution < 1.29 is 14.6 Å². The van der Waals surface area contributed by atoms with Gasteiger partial charge in [0.1, 0.15) is 5.56 Å². The zero-order valence-corrected chi connectivity index (χ0v) is 15.7. The molecule has 3 rings (SSSR count). The van der Waals surface area contributed by atoms with Gasteiger partial charge in [0, 0.05) is 18.0 Å². The molecule has 0 aromatic carbocycles. The lowest BCUT2D eigenvalue weighted by molar-refractivity contribution is 0.0234. The molecular formula is C20H25N3O4. The topological polar surface area (TPSA) is 104 Å². The van der Waals surface area contributed by atoms with E-state index in [0.29, 0.717) is 18.7 Å². The lowest BCUT2D eigenvalue weighted by Gasteiger charge is -2.38. The number of aromatic amines is 1. The molecule has 0 bridgehead atoms. The van der Waals surface area contributed by atoms with Gasteiger partial charge in [0.15, 0.2) is 0 Å². The zero-order chi connectivity index (χ0) is 19.6. The highest BCUT2D eigenvalue weighted by Gasteiger charge is 2.36. The van der Waals surface area contributed by atoms with Crippen molar-refractivity contribution in [2.45, 2.75) is 44.8 Å². The minimum atomic E-state index is -0.436. The lowest BCUT2D eigenvalue weighted by Crippen LogP contribution is -2.42. The lowest BCUT2D eigenvalue weighted by atomic mass is 9.75. The highest BCUT2D eigenvalue weighted by molar-refractivity contribution is 5.94. The molecule has 3 N–H and O–H groups in total. The molecular weight excluding hydrogens is 346 g/mol. The van der Waals surface area contributed by atoms with Crippen molar-refractivity contribution in [3.05, 3.63) is 57.6 Å². The first kappa shape index (κ1) is 19.1. The summed E-state index contributed by atoms with van der Waals surface area (Å²) in [5.41, 5.74) is 1.27. The first-order chi connectivity index (χ1) is 12.9. The van der Waals surface area contributed by atoms with Gasteiger partial charge in [0.25, 0.3) is 11.5 Å². The molecule has 2 aromatic heterocycles. The van der Waals surface area contributed by atoms with Crippen molar-refractivity contribution in [3.63, 3.8) is 0 Å². The van der Waals surface area contributed by atoms with Crippen LogP contribution >= 0.6 is 0 Å². The van der Waals surface area contributed by atoms with E-state index in [9.17, 15) is 14.7 Å². The number of nitrogens with zero attached hydrogens (tertiary/aromatic N) is 1. The fraction of sp³-hybridized carbons (Fsp3) is 0.450. The third-order valence-electron chi connectivity index (χ3n) is 5.03. The molecule has 0 unspecified atom stereocenters. The summed E-state index contributed by atoms with van der Waals surface area (Å²) in [6.07, 6.45) is 2.49. The first-order valence-electron chi connectivity index (χ1n) is 9.11. The van der Waals surface area contributed by atoms with Gasteiger partial charge in [0.2, 0.25) is 5.88 Å². The van der Waals surface area contributed by atoms with E-state index >= 15 is 0 Å². The van der Waals surface area contributed by atoms with Gasteiger partial charge in [-0.3, -0.25) is 9.59 Å². The minimum Gasteiger partial charge on any atom is -0.481 e. The fourth-order valence-corrected chi connectivity index (χ4v) is 3.30. The van der Waals surface area contributed by atoms with Crippen LogP contribution in [0.25, 0.3) is 0 Å². The van der Waals surface area contributed by atoms with Gasteiger partial charge < -0.3 is 20.1 Å². The predicted molar refractivity (Wildman–Crippen MR) is 101 cm³/mol. The number of carbonyl (C=O) groups is 1. The standard InChI is InChI=1S/C20H25N3O4/c1-11(2)16-6-5-15(19(25)22-16)20(26)23-18(13-8-14(24)9-13)12-4-7-17(27-3)21-10-12/h4-7,10-11,13-14,18,24H,8-9H2,1-3H3,(H,22,25)(H,23,26)/t13?,14?,18-/m0/s1. The van der Waals surface area contributed by atoms with Crippen molar-refractivity contribution >= 4 is 5.91 Å². The van der Waals surface area contributed by atoms with Gasteiger partial charge in [-0.25, -0.2) is 4.98 Å². The van der Waals surface area contributed by atoms with Crippen LogP contribution in [0.3, 0.4) is 0 Å². The van der Waals surface area contributed by atoms with Gasteiger partial charge in [-0.2, -0.15) is 0 Å². The van der Waals surface area contributed by atoms with Crippen LogP contribution in [0.5, 0.6) is 5.88 Å². The molecule has 0 radical (unpaired) electrons. The maximum atomic E-state index is 12.7. The van der Waals surface area contributed by atoms with Crippen molar-refractivity contribution in [2.75, 3.05) is 7.11 Å². The molecule has 0 spiro atoms. The molecule has 0 aliphatic heterocycles. The Bertz CT molecular complexity index is 854. The predicted octanol–water partition coefficient (Wildman–Crippen LogP) is 2.14. The van der Waals surface area contributed by atoms with E-state index in [0.717, 1.165) is 11.3 Å². The largest absolute Gasteiger partial charge is 0.481 e. The van der Waals surface area contributed by atoms with Gasteiger partial charge >= 0.3 is 0 Å². The van der Waals surface area contributed by atoms with E-state index in [4.69, 9.17) is 4.74 Å². The smallest absolute Gasteiger partial charge is 0.261 e. The number of aliphatic hydroxyl groups excluding tert-OH is 1. The molecule has 1 amide bonds. The number of ether oxygens (including phenoxy) is 1. The number of amides is 1. The monoisotopic (exact) mass is 371 g/mol. The number of rotatable bonds is 6. The van der Waals surface area contributed by atoms with Crippen molar-refractivity contribution in [1.29, 1.82) is 0 Å². The van der Waals surface area contributed by atoms with Crippen LogP contribution in [0.15, 0.2) is 35.3 Å². The fourth-order valence-electron chi connectivity index (χ4n) is 3.30. The summed E-state index contributed by atoms with van der Waals surface area (Å²) in [6.45, 7) is 3.94. The second-order valence-electron chi connectivity index (χ2n) is 7.28. The number of carbonyl (C=O) groups excluding carboxylic acids is 1. The number of aromatic nitrogens is 2. The van der Waals surface area contributed by atoms with E-state index in [2.05, 4.69) is 15.3 Å². The summed E-state index contributed by atoms with van der Waals surface area (Å²) in [7, 11) is 1.54. The Hall–Kier alpha value is -2.67. The molecule has 7 nitrogen and oxygen atoms in total. The van der Waals surface area contributed by atoms with Crippen molar-refractivity contribution in [1.82, 2.24) is 15.3 Å². The molecule has 1 atom stereocenters. The van der Waals surface area contributed by atoms with E-state index in [1.54, 1.807) is 24.4 Å². The van der Waals surface area contributed by atoms with Gasteiger partial charge in [-0.15, -0.1) is 0 Å². The van der Waals surface area contributed by atoms with Crippen LogP contribution in [0.1, 0.15) is 60.3 Å². The Kier molecular flexibility index (Phi) is 5.60. The number of H-pyrrole nitrogens is 1. The van der Waals surface area contributed by atoms with Crippen LogP contribution in [-0.4, -0.2) is 34.2 Å². The molecule has 27 heavy (non-hydrogen) atoms. The summed E-state index contributed by atoms with van der Waals surface area (Å²) in [4.78, 5) is 32.0. The summed E-state index contributed by atoms with van der Waals surface area (Å²) in [5, 5.41) is 12.6. The number of hydrogen-bond acceptors (Lipinski definition) is 5. The van der Waals surface area contributed by atoms with Crippen LogP contribution < -0.4 is 15.6 Å². The molecule has 1 fully saturated rings. The van der Waals surface area contributed by atoms with Crippen LogP contribution in [-0.2, 0) is 0 Å². The summed E-state index contributed by atoms with van der Waals surface area (Å²) in [6, 6.07) is 6.56. The Morgan fingerprint density at radius 1 is 1.30 bits per heavy atom. The molecule has 2 heterocycles. The third-order valence-corrected chi connectivity index (χ3v) is 5.03. The van der Waals surface area contributed by atoms with E-state index in [1.807, 2.05) is 19.9 Å². The molecule has 1 aliphatic rings. The van der Waals surface area contributed by atoms with E-state index < -0.39 is 11.5 Å². The molecule has 0 saturated heterocycles. The molecule has 7 heteroatoms. The maximum absolute atomic E-state index is 12.7. The normalized spacial score (nSPS) is 20.0.